The van der Waals surface area contributed by atoms with Gasteiger partial charge in [0.05, 0.1) is 37.1 Å². The molecule has 772 valence electrons. The number of benzene rings is 1. The summed E-state index contributed by atoms with van der Waals surface area (Å²) in [7, 11) is -14.6. The lowest BCUT2D eigenvalue weighted by molar-refractivity contribution is -0.152. The number of hydrogen-bond acceptors (Lipinski definition) is 14. The SMILES string of the molecule is C=C1C(=O)CC[C@]2(C)[C@@H](O[Si](C)(C)C(C)(C)C)CC[C@@H]12.C=CC1=C(C)CC[C@]2(C)[C@@H](O[Si](C)(C)C(C)(C)C)CC[C@@H]12.C=C[C@@]1(C)C(=O)CC[C@]2(C)[C@@H](O[Si](C)(C)C(C)(C)C)CC[C@H]21.C=C[C@@]1(O)C(=O)CC[C@]2(C)[C@@H](O[Si](C)(C)C(C)(C)C)CC[C@H]21.CCC1=C(C)CC[C@]2(C)[C@@H](O[Si](C)(C)C(C)(C)C)CC[C@@H]12.ClC(Cl)Cl.N=C(OCc1ccc(CO)cc1)C(Cl)(Cl)Cl.O=S(=O)(O)C(F)(F)F. The van der Waals surface area contributed by atoms with Crippen LogP contribution in [0.2, 0.25) is 90.7 Å². The largest absolute Gasteiger partial charge is 0.522 e. The monoisotopic (exact) mass is 2100 g/mol. The highest BCUT2D eigenvalue weighted by atomic mass is 35.6. The molecule has 0 aliphatic heterocycles. The second-order valence-corrected chi connectivity index (χ2v) is 78.6. The van der Waals surface area contributed by atoms with E-state index >= 15 is 0 Å². The Morgan fingerprint density at radius 3 is 1.15 bits per heavy atom. The van der Waals surface area contributed by atoms with E-state index in [2.05, 4.69) is 264 Å². The molecule has 11 rings (SSSR count). The summed E-state index contributed by atoms with van der Waals surface area (Å²) in [5, 5.41) is 28.2. The number of alkyl halides is 9. The average Bonchev–Trinajstić information content (AvgIpc) is 1.57. The number of fused-ring (bicyclic) bond motifs is 5. The van der Waals surface area contributed by atoms with Gasteiger partial charge in [0.25, 0.3) is 3.79 Å². The van der Waals surface area contributed by atoms with Crippen molar-refractivity contribution in [1.29, 1.82) is 5.41 Å². The Morgan fingerprint density at radius 2 is 0.806 bits per heavy atom. The van der Waals surface area contributed by atoms with Gasteiger partial charge in [0, 0.05) is 30.6 Å². The van der Waals surface area contributed by atoms with Gasteiger partial charge in [-0.1, -0.05) is 294 Å². The van der Waals surface area contributed by atoms with Crippen LogP contribution in [0, 0.1) is 67.5 Å². The molecule has 0 heterocycles. The predicted molar refractivity (Wildman–Crippen MR) is 568 cm³/mol. The van der Waals surface area contributed by atoms with Crippen molar-refractivity contribution in [2.45, 2.75) is 455 Å². The first kappa shape index (κ1) is 125. The maximum Gasteiger partial charge on any atom is 0.522 e. The van der Waals surface area contributed by atoms with E-state index in [0.29, 0.717) is 88.1 Å². The Hall–Kier alpha value is -1.62. The molecule has 8 saturated carbocycles. The molecule has 0 amide bonds. The molecule has 0 unspecified atom stereocenters. The van der Waals surface area contributed by atoms with Crippen molar-refractivity contribution in [3.63, 3.8) is 0 Å². The van der Waals surface area contributed by atoms with E-state index in [-0.39, 0.29) is 73.6 Å². The third-order valence-electron chi connectivity index (χ3n) is 35.6. The maximum absolute atomic E-state index is 12.5. The number of carbonyl (C=O) groups is 3. The van der Waals surface area contributed by atoms with Crippen LogP contribution in [0.5, 0.6) is 0 Å². The van der Waals surface area contributed by atoms with Gasteiger partial charge in [0.15, 0.2) is 57.4 Å². The fraction of sp³-hybridized carbons (Fsp3) is 0.788. The summed E-state index contributed by atoms with van der Waals surface area (Å²) in [6.45, 7) is 95.0. The number of ketones is 3. The summed E-state index contributed by atoms with van der Waals surface area (Å²) in [5.41, 5.74) is 2.56. The van der Waals surface area contributed by atoms with E-state index in [1.54, 1.807) is 41.0 Å². The third kappa shape index (κ3) is 29.2. The van der Waals surface area contributed by atoms with Gasteiger partial charge in [-0.25, -0.2) is 0 Å². The first-order valence-electron chi connectivity index (χ1n) is 48.8. The summed E-state index contributed by atoms with van der Waals surface area (Å²) >= 11 is 30.8. The minimum atomic E-state index is -5.84. The topological polar surface area (TPSA) is 225 Å². The predicted octanol–water partition coefficient (Wildman–Crippen LogP) is 32.0. The van der Waals surface area contributed by atoms with Crippen molar-refractivity contribution < 1.29 is 77.6 Å². The van der Waals surface area contributed by atoms with Crippen LogP contribution in [0.25, 0.3) is 0 Å². The molecule has 10 aliphatic rings. The highest BCUT2D eigenvalue weighted by Crippen LogP contribution is 2.64. The molecule has 17 atom stereocenters. The number of halogens is 9. The number of hydrogen-bond donors (Lipinski definition) is 4. The van der Waals surface area contributed by atoms with E-state index in [9.17, 15) is 32.7 Å². The molecule has 30 heteroatoms. The van der Waals surface area contributed by atoms with Crippen LogP contribution in [0.1, 0.15) is 312 Å². The van der Waals surface area contributed by atoms with Crippen LogP contribution in [0.4, 0.5) is 13.2 Å². The molecule has 0 bridgehead atoms. The molecular weight excluding hydrogens is 1930 g/mol. The van der Waals surface area contributed by atoms with Gasteiger partial charge in [-0.15, -0.1) is 6.58 Å². The van der Waals surface area contributed by atoms with Crippen LogP contribution in [0.3, 0.4) is 0 Å². The fourth-order valence-electron chi connectivity index (χ4n) is 21.2. The van der Waals surface area contributed by atoms with Crippen molar-refractivity contribution in [3.8, 4) is 0 Å². The minimum Gasteiger partial charge on any atom is -0.473 e. The summed E-state index contributed by atoms with van der Waals surface area (Å²) < 4.78 is 93.9. The molecule has 0 aromatic heterocycles. The van der Waals surface area contributed by atoms with E-state index < -0.39 is 76.8 Å². The van der Waals surface area contributed by atoms with Gasteiger partial charge < -0.3 is 37.1 Å². The number of allylic oxidation sites excluding steroid dienone is 7. The van der Waals surface area contributed by atoms with Crippen molar-refractivity contribution in [3.05, 3.63) is 108 Å². The quantitative estimate of drug-likeness (QED) is 0.0166. The Kier molecular flexibility index (Phi) is 42.8. The zero-order valence-electron chi connectivity index (χ0n) is 88.6. The molecule has 0 saturated heterocycles. The Bertz CT molecular complexity index is 4320. The van der Waals surface area contributed by atoms with Crippen molar-refractivity contribution in [2.24, 2.45) is 62.1 Å². The van der Waals surface area contributed by atoms with E-state index in [4.69, 9.17) is 120 Å². The molecule has 1 aromatic carbocycles. The second-order valence-electron chi connectivity index (χ2n) is 49.2. The van der Waals surface area contributed by atoms with Crippen LogP contribution in [-0.4, -0.2) is 138 Å². The van der Waals surface area contributed by atoms with Crippen LogP contribution >= 0.6 is 69.6 Å². The maximum atomic E-state index is 12.5. The van der Waals surface area contributed by atoms with Gasteiger partial charge in [-0.2, -0.15) is 21.6 Å². The summed E-state index contributed by atoms with van der Waals surface area (Å²) in [6, 6.07) is 7.07. The van der Waals surface area contributed by atoms with Gasteiger partial charge in [-0.05, 0) is 300 Å². The van der Waals surface area contributed by atoms with Crippen molar-refractivity contribution >= 4 is 145 Å². The zero-order chi connectivity index (χ0) is 104. The first-order valence-corrected chi connectivity index (χ1v) is 67.3. The number of Topliss-reactive ketones (excluding diaryl/α,β-unsaturated/α-hetero) is 3. The highest BCUT2D eigenvalue weighted by Gasteiger charge is 2.64. The molecule has 10 aliphatic carbocycles. The number of aliphatic hydroxyl groups excluding tert-OH is 1. The lowest BCUT2D eigenvalue weighted by Gasteiger charge is -2.50. The van der Waals surface area contributed by atoms with E-state index in [1.807, 2.05) is 6.08 Å². The van der Waals surface area contributed by atoms with Crippen molar-refractivity contribution in [1.82, 2.24) is 0 Å². The van der Waals surface area contributed by atoms with Crippen LogP contribution in [-0.2, 0) is 64.6 Å². The second kappa shape index (κ2) is 46.0. The molecule has 15 nitrogen and oxygen atoms in total. The molecule has 8 fully saturated rings. The molecular formula is C104H178Cl6F3NO14SSi5. The normalized spacial score (nSPS) is 31.5. The van der Waals surface area contributed by atoms with Crippen LogP contribution < -0.4 is 0 Å². The van der Waals surface area contributed by atoms with Gasteiger partial charge in [-0.3, -0.25) is 24.3 Å². The van der Waals surface area contributed by atoms with Gasteiger partial charge in [0.1, 0.15) is 18.0 Å². The highest BCUT2D eigenvalue weighted by molar-refractivity contribution is 7.86. The number of ether oxygens (including phenoxy) is 1. The average molecular weight is 2110 g/mol. The molecule has 0 radical (unpaired) electrons. The number of carbonyl (C=O) groups excluding carboxylic acids is 3. The number of nitrogens with one attached hydrogen (secondary N) is 1. The molecule has 0 spiro atoms. The molecule has 1 aromatic rings. The Morgan fingerprint density at radius 1 is 0.500 bits per heavy atom. The van der Waals surface area contributed by atoms with E-state index in [1.165, 1.54) is 69.4 Å². The molecule has 4 N–H and O–H groups in total. The van der Waals surface area contributed by atoms with Gasteiger partial charge in [0.2, 0.25) is 5.90 Å². The van der Waals surface area contributed by atoms with E-state index in [0.717, 1.165) is 80.4 Å². The lowest BCUT2D eigenvalue weighted by atomic mass is 9.56. The minimum absolute atomic E-state index is 0.00882. The first-order chi connectivity index (χ1) is 60.2. The Balaban J connectivity index is 0.000000328. The lowest BCUT2D eigenvalue weighted by Crippen LogP contribution is -2.57. The number of aliphatic hydroxyl groups is 2. The number of rotatable bonds is 17. The van der Waals surface area contributed by atoms with Gasteiger partial charge >= 0.3 is 15.6 Å². The fourth-order valence-corrected chi connectivity index (χ4v) is 28.6. The third-order valence-corrected chi connectivity index (χ3v) is 59.1. The Labute approximate surface area is 845 Å². The summed E-state index contributed by atoms with van der Waals surface area (Å²) in [4.78, 5) is 36.6. The standard InChI is InChI=1S/C19H34O2Si.C19H36OSi.C19H34OSi.C18H32O3Si.C17H30O2Si.C10H10Cl3NO2.CHCl3.CHF3O3S/c1-9-18(5)14-10-11-16(19(14,6)13-12-15(18)20)21-22(7,8)17(2,3)4;2*1-9-15-14(2)12-13-19(6)16(15)10-11-17(19)20-21(7,8)18(3,4)5;1-8-18(20)13-9-10-15(17(13,5)12-11-14(18)19)21-22(6,7)16(2,3)4;1-12-13-8-9-15(17(13,5)11-10-14(12)18)19-20(6,7)16(2,3)4;11-10(12,13)9(14)16-6-8-3-1-7(5-15)2-4-8;2-1(3)4;2-1(3,4)8(5,6)7/h9,14,16H,1,10-13H2,2-8H3;16-17H,9-13H2,1-8H3;9,16-17H,1,10-13H2,2-8H3;8,13,15,20H,1,9-12H2,2-7H3;13,15H,1,8-11H2,2-7H3;1-4,14-15H,5-6H2;1H;(H,5,6,7)/t14-,16-,18+,19-;2*16-,17-,19-;13-,15+,17+,18+;13-,15-,17-;;;/m00010.../s1. The molecule has 134 heavy (non-hydrogen) atoms. The van der Waals surface area contributed by atoms with Crippen molar-refractivity contribution in [2.75, 3.05) is 0 Å². The summed E-state index contributed by atoms with van der Waals surface area (Å²) in [5.74, 6) is 2.28. The summed E-state index contributed by atoms with van der Waals surface area (Å²) in [6.07, 6.45) is 29.2. The van der Waals surface area contributed by atoms with Crippen LogP contribution in [0.15, 0.2) is 96.7 Å². The smallest absolute Gasteiger partial charge is 0.473 e. The zero-order valence-corrected chi connectivity index (χ0v) is 99.0.